The van der Waals surface area contributed by atoms with Crippen LogP contribution in [0, 0.1) is 0 Å². The minimum Gasteiger partial charge on any atom is -0.354 e. The van der Waals surface area contributed by atoms with Gasteiger partial charge in [0, 0.05) is 56.4 Å². The molecule has 184 valence electrons. The summed E-state index contributed by atoms with van der Waals surface area (Å²) in [5.74, 6) is 2.85. The number of halogens is 3. The molecule has 0 spiro atoms. The molecule has 0 aliphatic carbocycles. The van der Waals surface area contributed by atoms with E-state index in [2.05, 4.69) is 43.5 Å². The van der Waals surface area contributed by atoms with E-state index in [-0.39, 0.29) is 5.82 Å². The SMILES string of the molecule is CC(C)c1nnc(SCCCN2CCN(c3cc(C(F)(F)F)nc(C(C)(C)C)n3)CC2)n1C. The van der Waals surface area contributed by atoms with Crippen LogP contribution >= 0.6 is 11.8 Å². The van der Waals surface area contributed by atoms with Gasteiger partial charge < -0.3 is 9.47 Å². The van der Waals surface area contributed by atoms with Crippen LogP contribution in [0.3, 0.4) is 0 Å². The summed E-state index contributed by atoms with van der Waals surface area (Å²) in [6.45, 7) is 13.5. The van der Waals surface area contributed by atoms with Gasteiger partial charge in [0.1, 0.15) is 23.2 Å². The van der Waals surface area contributed by atoms with E-state index in [1.165, 1.54) is 0 Å². The molecule has 0 unspecified atom stereocenters. The van der Waals surface area contributed by atoms with Crippen LogP contribution in [0.25, 0.3) is 0 Å². The smallest absolute Gasteiger partial charge is 0.354 e. The van der Waals surface area contributed by atoms with Crippen molar-refractivity contribution < 1.29 is 13.2 Å². The molecule has 0 aromatic carbocycles. The van der Waals surface area contributed by atoms with Gasteiger partial charge in [-0.25, -0.2) is 9.97 Å². The number of nitrogens with zero attached hydrogens (tertiary/aromatic N) is 7. The van der Waals surface area contributed by atoms with Gasteiger partial charge in [-0.3, -0.25) is 4.90 Å². The number of rotatable bonds is 7. The zero-order valence-corrected chi connectivity index (χ0v) is 21.1. The predicted molar refractivity (Wildman–Crippen MR) is 125 cm³/mol. The molecule has 11 heteroatoms. The molecule has 2 aromatic heterocycles. The van der Waals surface area contributed by atoms with E-state index in [1.807, 2.05) is 32.7 Å². The van der Waals surface area contributed by atoms with Gasteiger partial charge in [0.25, 0.3) is 0 Å². The molecular formula is C22H34F3N7S. The molecule has 1 saturated heterocycles. The average molecular weight is 486 g/mol. The van der Waals surface area contributed by atoms with Crippen molar-refractivity contribution in [2.45, 2.75) is 63.7 Å². The summed E-state index contributed by atoms with van der Waals surface area (Å²) in [6, 6.07) is 1.08. The van der Waals surface area contributed by atoms with Crippen LogP contribution in [0.15, 0.2) is 11.2 Å². The van der Waals surface area contributed by atoms with Gasteiger partial charge in [0.2, 0.25) is 0 Å². The van der Waals surface area contributed by atoms with Crippen molar-refractivity contribution in [1.29, 1.82) is 0 Å². The summed E-state index contributed by atoms with van der Waals surface area (Å²) in [6.07, 6.45) is -3.48. The van der Waals surface area contributed by atoms with Crippen molar-refractivity contribution in [3.8, 4) is 0 Å². The molecule has 3 heterocycles. The van der Waals surface area contributed by atoms with Gasteiger partial charge in [0.05, 0.1) is 0 Å². The minimum atomic E-state index is -4.49. The zero-order chi connectivity index (χ0) is 24.4. The van der Waals surface area contributed by atoms with E-state index in [9.17, 15) is 13.2 Å². The van der Waals surface area contributed by atoms with Crippen LogP contribution in [0.5, 0.6) is 0 Å². The molecule has 1 aliphatic rings. The van der Waals surface area contributed by atoms with Crippen LogP contribution in [-0.4, -0.2) is 68.1 Å². The topological polar surface area (TPSA) is 63.0 Å². The van der Waals surface area contributed by atoms with Crippen LogP contribution in [0.1, 0.15) is 64.3 Å². The fourth-order valence-electron chi connectivity index (χ4n) is 3.68. The number of anilines is 1. The Kier molecular flexibility index (Phi) is 7.93. The first kappa shape index (κ1) is 25.7. The second-order valence-corrected chi connectivity index (χ2v) is 10.8. The fourth-order valence-corrected chi connectivity index (χ4v) is 4.53. The molecule has 0 amide bonds. The Morgan fingerprint density at radius 1 is 1.03 bits per heavy atom. The summed E-state index contributed by atoms with van der Waals surface area (Å²) < 4.78 is 42.2. The molecule has 3 rings (SSSR count). The number of piperazine rings is 1. The first-order valence-electron chi connectivity index (χ1n) is 11.3. The fraction of sp³-hybridized carbons (Fsp3) is 0.727. The van der Waals surface area contributed by atoms with Crippen molar-refractivity contribution in [3.63, 3.8) is 0 Å². The average Bonchev–Trinajstić information content (AvgIpc) is 3.10. The lowest BCUT2D eigenvalue weighted by Crippen LogP contribution is -2.47. The van der Waals surface area contributed by atoms with Gasteiger partial charge in [-0.1, -0.05) is 46.4 Å². The van der Waals surface area contributed by atoms with Gasteiger partial charge >= 0.3 is 6.18 Å². The van der Waals surface area contributed by atoms with E-state index in [0.717, 1.165) is 48.9 Å². The third-order valence-electron chi connectivity index (χ3n) is 5.60. The van der Waals surface area contributed by atoms with Gasteiger partial charge in [-0.15, -0.1) is 10.2 Å². The van der Waals surface area contributed by atoms with E-state index >= 15 is 0 Å². The van der Waals surface area contributed by atoms with Crippen molar-refractivity contribution in [2.24, 2.45) is 7.05 Å². The maximum atomic E-state index is 13.4. The lowest BCUT2D eigenvalue weighted by Gasteiger charge is -2.36. The summed E-state index contributed by atoms with van der Waals surface area (Å²) in [5.41, 5.74) is -1.44. The lowest BCUT2D eigenvalue weighted by molar-refractivity contribution is -0.141. The molecule has 2 aromatic rings. The Bertz CT molecular complexity index is 897. The quantitative estimate of drug-likeness (QED) is 0.427. The predicted octanol–water partition coefficient (Wildman–Crippen LogP) is 4.35. The Hall–Kier alpha value is -1.88. The number of aromatic nitrogens is 5. The summed E-state index contributed by atoms with van der Waals surface area (Å²) >= 11 is 1.71. The molecule has 0 radical (unpaired) electrons. The van der Waals surface area contributed by atoms with E-state index < -0.39 is 17.3 Å². The summed E-state index contributed by atoms with van der Waals surface area (Å²) in [5, 5.41) is 9.47. The number of thioether (sulfide) groups is 1. The standard InChI is InChI=1S/C22H34F3N7S/c1-15(2)18-28-29-20(30(18)6)33-13-7-8-31-9-11-32(12-10-31)17-14-16(22(23,24)25)26-19(27-17)21(3,4)5/h14-15H,7-13H2,1-6H3. The first-order valence-corrected chi connectivity index (χ1v) is 12.3. The van der Waals surface area contributed by atoms with Crippen molar-refractivity contribution >= 4 is 17.6 Å². The van der Waals surface area contributed by atoms with Crippen LogP contribution in [0.4, 0.5) is 19.0 Å². The molecular weight excluding hydrogens is 451 g/mol. The zero-order valence-electron chi connectivity index (χ0n) is 20.3. The van der Waals surface area contributed by atoms with Crippen molar-refractivity contribution in [2.75, 3.05) is 43.4 Å². The Morgan fingerprint density at radius 2 is 1.70 bits per heavy atom. The van der Waals surface area contributed by atoms with Crippen LogP contribution in [0.2, 0.25) is 0 Å². The van der Waals surface area contributed by atoms with Crippen LogP contribution in [-0.2, 0) is 18.6 Å². The molecule has 33 heavy (non-hydrogen) atoms. The highest BCUT2D eigenvalue weighted by Gasteiger charge is 2.36. The number of alkyl halides is 3. The third kappa shape index (κ3) is 6.59. The largest absolute Gasteiger partial charge is 0.433 e. The van der Waals surface area contributed by atoms with Crippen LogP contribution < -0.4 is 4.90 Å². The number of hydrogen-bond acceptors (Lipinski definition) is 7. The van der Waals surface area contributed by atoms with E-state index in [4.69, 9.17) is 0 Å². The molecule has 1 aliphatic heterocycles. The lowest BCUT2D eigenvalue weighted by atomic mass is 9.95. The Balaban J connectivity index is 1.53. The Morgan fingerprint density at radius 3 is 2.24 bits per heavy atom. The molecule has 0 bridgehead atoms. The highest BCUT2D eigenvalue weighted by atomic mass is 32.2. The van der Waals surface area contributed by atoms with Gasteiger partial charge in [-0.05, 0) is 13.0 Å². The maximum Gasteiger partial charge on any atom is 0.433 e. The molecule has 0 atom stereocenters. The van der Waals surface area contributed by atoms with E-state index in [1.54, 1.807) is 11.8 Å². The molecule has 1 fully saturated rings. The third-order valence-corrected chi connectivity index (χ3v) is 6.71. The van der Waals surface area contributed by atoms with Gasteiger partial charge in [0.15, 0.2) is 5.16 Å². The highest BCUT2D eigenvalue weighted by Crippen LogP contribution is 2.32. The Labute approximate surface area is 198 Å². The number of hydrogen-bond donors (Lipinski definition) is 0. The second-order valence-electron chi connectivity index (χ2n) is 9.77. The van der Waals surface area contributed by atoms with E-state index in [0.29, 0.717) is 24.8 Å². The van der Waals surface area contributed by atoms with Crippen molar-refractivity contribution in [3.05, 3.63) is 23.4 Å². The second kappa shape index (κ2) is 10.2. The molecule has 7 nitrogen and oxygen atoms in total. The molecule has 0 N–H and O–H groups in total. The summed E-state index contributed by atoms with van der Waals surface area (Å²) in [4.78, 5) is 12.6. The molecule has 0 saturated carbocycles. The summed E-state index contributed by atoms with van der Waals surface area (Å²) in [7, 11) is 2.00. The van der Waals surface area contributed by atoms with Crippen molar-refractivity contribution in [1.82, 2.24) is 29.6 Å². The maximum absolute atomic E-state index is 13.4. The first-order chi connectivity index (χ1) is 15.4. The highest BCUT2D eigenvalue weighted by molar-refractivity contribution is 7.99. The minimum absolute atomic E-state index is 0.219. The monoisotopic (exact) mass is 485 g/mol. The normalized spacial score (nSPS) is 16.1. The van der Waals surface area contributed by atoms with Gasteiger partial charge in [-0.2, -0.15) is 13.2 Å².